The zero-order chi connectivity index (χ0) is 12.5. The van der Waals surface area contributed by atoms with Crippen LogP contribution in [-0.2, 0) is 9.59 Å². The number of nitrogens with two attached hydrogens (primary N) is 1. The quantitative estimate of drug-likeness (QED) is 0.597. The van der Waals surface area contributed by atoms with Crippen LogP contribution in [0.15, 0.2) is 0 Å². The lowest BCUT2D eigenvalue weighted by molar-refractivity contribution is -0.153. The second kappa shape index (κ2) is 4.49. The van der Waals surface area contributed by atoms with Crippen molar-refractivity contribution < 1.29 is 9.59 Å². The molecule has 2 amide bonds. The number of hydrogen-bond acceptors (Lipinski definition) is 3. The highest BCUT2D eigenvalue weighted by atomic mass is 32.1. The molecule has 1 atom stereocenters. The topological polar surface area (TPSA) is 63.4 Å². The lowest BCUT2D eigenvalue weighted by Gasteiger charge is -2.38. The second-order valence-corrected chi connectivity index (χ2v) is 5.47. The minimum Gasteiger partial charge on any atom is -0.392 e. The maximum absolute atomic E-state index is 11.9. The number of nitrogens with zero attached hydrogens (tertiary/aromatic N) is 1. The van der Waals surface area contributed by atoms with Crippen molar-refractivity contribution in [3.63, 3.8) is 0 Å². The standard InChI is InChI=1S/C11H18N2O2S/c1-4-7(10(12)16)13-8(14)5-11(2,3)6-9(13)15/h7H,4-6H2,1-3H3,(H2,12,16). The summed E-state index contributed by atoms with van der Waals surface area (Å²) in [5.41, 5.74) is 5.30. The first-order valence-electron chi connectivity index (χ1n) is 5.42. The molecular weight excluding hydrogens is 224 g/mol. The summed E-state index contributed by atoms with van der Waals surface area (Å²) in [7, 11) is 0. The van der Waals surface area contributed by atoms with E-state index in [1.54, 1.807) is 0 Å². The van der Waals surface area contributed by atoms with Crippen LogP contribution in [-0.4, -0.2) is 27.7 Å². The largest absolute Gasteiger partial charge is 0.392 e. The molecule has 0 aromatic carbocycles. The van der Waals surface area contributed by atoms with Gasteiger partial charge in [-0.2, -0.15) is 0 Å². The summed E-state index contributed by atoms with van der Waals surface area (Å²) in [5.74, 6) is -0.332. The highest BCUT2D eigenvalue weighted by Crippen LogP contribution is 2.32. The first kappa shape index (κ1) is 13.1. The zero-order valence-corrected chi connectivity index (χ0v) is 10.8. The van der Waals surface area contributed by atoms with Crippen LogP contribution >= 0.6 is 12.2 Å². The van der Waals surface area contributed by atoms with E-state index in [2.05, 4.69) is 0 Å². The van der Waals surface area contributed by atoms with E-state index in [9.17, 15) is 9.59 Å². The van der Waals surface area contributed by atoms with E-state index in [-0.39, 0.29) is 22.2 Å². The van der Waals surface area contributed by atoms with Crippen LogP contribution in [0, 0.1) is 5.41 Å². The van der Waals surface area contributed by atoms with Gasteiger partial charge in [0.2, 0.25) is 11.8 Å². The Morgan fingerprint density at radius 3 is 2.19 bits per heavy atom. The third-order valence-electron chi connectivity index (χ3n) is 2.82. The Hall–Kier alpha value is -0.970. The Balaban J connectivity index is 2.94. The summed E-state index contributed by atoms with van der Waals surface area (Å²) in [6.07, 6.45) is 1.32. The Labute approximate surface area is 101 Å². The zero-order valence-electron chi connectivity index (χ0n) is 9.95. The molecule has 1 aliphatic rings. The highest BCUT2D eigenvalue weighted by Gasteiger charge is 2.40. The van der Waals surface area contributed by atoms with Crippen LogP contribution in [0.4, 0.5) is 0 Å². The number of carbonyl (C=O) groups is 2. The molecule has 0 bridgehead atoms. The number of carbonyl (C=O) groups excluding carboxylic acids is 2. The molecule has 90 valence electrons. The van der Waals surface area contributed by atoms with Crippen molar-refractivity contribution in [3.05, 3.63) is 0 Å². The fraction of sp³-hybridized carbons (Fsp3) is 0.727. The number of rotatable bonds is 3. The van der Waals surface area contributed by atoms with Crippen molar-refractivity contribution in [1.82, 2.24) is 4.90 Å². The summed E-state index contributed by atoms with van der Waals surface area (Å²) in [4.78, 5) is 25.3. The Morgan fingerprint density at radius 1 is 1.44 bits per heavy atom. The lowest BCUT2D eigenvalue weighted by Crippen LogP contribution is -2.54. The summed E-state index contributed by atoms with van der Waals surface area (Å²) in [5, 5.41) is 0. The van der Waals surface area contributed by atoms with E-state index >= 15 is 0 Å². The van der Waals surface area contributed by atoms with Gasteiger partial charge in [0.25, 0.3) is 0 Å². The fourth-order valence-corrected chi connectivity index (χ4v) is 2.32. The van der Waals surface area contributed by atoms with E-state index in [0.29, 0.717) is 19.3 Å². The molecule has 2 N–H and O–H groups in total. The minimum atomic E-state index is -0.425. The van der Waals surface area contributed by atoms with Crippen LogP contribution in [0.5, 0.6) is 0 Å². The van der Waals surface area contributed by atoms with Crippen molar-refractivity contribution in [1.29, 1.82) is 0 Å². The molecule has 1 fully saturated rings. The van der Waals surface area contributed by atoms with Gasteiger partial charge in [-0.05, 0) is 11.8 Å². The first-order chi connectivity index (χ1) is 7.28. The molecular formula is C11H18N2O2S. The number of hydrogen-bond donors (Lipinski definition) is 1. The fourth-order valence-electron chi connectivity index (χ4n) is 2.05. The molecule has 1 rings (SSSR count). The van der Waals surface area contributed by atoms with Crippen molar-refractivity contribution in [2.24, 2.45) is 11.1 Å². The van der Waals surface area contributed by atoms with Crippen molar-refractivity contribution in [2.45, 2.75) is 46.1 Å². The summed E-state index contributed by atoms with van der Waals surface area (Å²) in [6.45, 7) is 5.70. The van der Waals surface area contributed by atoms with Crippen molar-refractivity contribution in [3.8, 4) is 0 Å². The molecule has 0 aromatic heterocycles. The van der Waals surface area contributed by atoms with Gasteiger partial charge >= 0.3 is 0 Å². The van der Waals surface area contributed by atoms with Gasteiger partial charge in [0.15, 0.2) is 0 Å². The van der Waals surface area contributed by atoms with Crippen LogP contribution in [0.1, 0.15) is 40.0 Å². The lowest BCUT2D eigenvalue weighted by atomic mass is 9.81. The van der Waals surface area contributed by atoms with Gasteiger partial charge in [-0.15, -0.1) is 0 Å². The number of amides is 2. The van der Waals surface area contributed by atoms with E-state index in [1.807, 2.05) is 20.8 Å². The molecule has 0 spiro atoms. The molecule has 1 heterocycles. The second-order valence-electron chi connectivity index (χ2n) is 5.00. The Kier molecular flexibility index (Phi) is 3.68. The maximum Gasteiger partial charge on any atom is 0.230 e. The van der Waals surface area contributed by atoms with Crippen LogP contribution < -0.4 is 5.73 Å². The maximum atomic E-state index is 11.9. The normalized spacial score (nSPS) is 22.1. The Morgan fingerprint density at radius 2 is 1.88 bits per heavy atom. The van der Waals surface area contributed by atoms with E-state index in [0.717, 1.165) is 0 Å². The molecule has 1 saturated heterocycles. The van der Waals surface area contributed by atoms with Gasteiger partial charge in [-0.1, -0.05) is 33.0 Å². The summed E-state index contributed by atoms with van der Waals surface area (Å²) >= 11 is 4.89. The van der Waals surface area contributed by atoms with Crippen LogP contribution in [0.2, 0.25) is 0 Å². The van der Waals surface area contributed by atoms with E-state index < -0.39 is 6.04 Å². The monoisotopic (exact) mass is 242 g/mol. The smallest absolute Gasteiger partial charge is 0.230 e. The SMILES string of the molecule is CCC(C(N)=S)N1C(=O)CC(C)(C)CC1=O. The third kappa shape index (κ3) is 2.58. The first-order valence-corrected chi connectivity index (χ1v) is 5.83. The average Bonchev–Trinajstić information content (AvgIpc) is 2.08. The average molecular weight is 242 g/mol. The van der Waals surface area contributed by atoms with Gasteiger partial charge in [-0.3, -0.25) is 14.5 Å². The molecule has 0 aliphatic carbocycles. The van der Waals surface area contributed by atoms with Gasteiger partial charge in [-0.25, -0.2) is 0 Å². The van der Waals surface area contributed by atoms with Gasteiger partial charge < -0.3 is 5.73 Å². The van der Waals surface area contributed by atoms with E-state index in [1.165, 1.54) is 4.90 Å². The number of piperidine rings is 1. The van der Waals surface area contributed by atoms with Crippen LogP contribution in [0.25, 0.3) is 0 Å². The third-order valence-corrected chi connectivity index (χ3v) is 3.10. The van der Waals surface area contributed by atoms with Crippen molar-refractivity contribution >= 4 is 29.0 Å². The minimum absolute atomic E-state index is 0.166. The predicted octanol–water partition coefficient (Wildman–Crippen LogP) is 1.23. The molecule has 0 saturated carbocycles. The molecule has 0 radical (unpaired) electrons. The van der Waals surface area contributed by atoms with Gasteiger partial charge in [0.05, 0.1) is 11.0 Å². The van der Waals surface area contributed by atoms with Gasteiger partial charge in [0, 0.05) is 12.8 Å². The highest BCUT2D eigenvalue weighted by molar-refractivity contribution is 7.80. The Bertz CT molecular complexity index is 319. The van der Waals surface area contributed by atoms with E-state index in [4.69, 9.17) is 18.0 Å². The molecule has 4 nitrogen and oxygen atoms in total. The molecule has 5 heteroatoms. The summed E-state index contributed by atoms with van der Waals surface area (Å²) < 4.78 is 0. The predicted molar refractivity (Wildman–Crippen MR) is 65.7 cm³/mol. The summed E-state index contributed by atoms with van der Waals surface area (Å²) in [6, 6.07) is -0.425. The molecule has 0 aromatic rings. The number of likely N-dealkylation sites (tertiary alicyclic amines) is 1. The number of imide groups is 1. The van der Waals surface area contributed by atoms with Crippen molar-refractivity contribution in [2.75, 3.05) is 0 Å². The van der Waals surface area contributed by atoms with Crippen LogP contribution in [0.3, 0.4) is 0 Å². The molecule has 1 unspecified atom stereocenters. The molecule has 16 heavy (non-hydrogen) atoms. The van der Waals surface area contributed by atoms with Gasteiger partial charge in [0.1, 0.15) is 0 Å². The molecule has 1 aliphatic heterocycles. The number of thiocarbonyl (C=S) groups is 1.